The lowest BCUT2D eigenvalue weighted by Gasteiger charge is -2.35. The second-order valence-corrected chi connectivity index (χ2v) is 5.86. The summed E-state index contributed by atoms with van der Waals surface area (Å²) < 4.78 is 0. The molecule has 5 heteroatoms. The quantitative estimate of drug-likeness (QED) is 0.791. The van der Waals surface area contributed by atoms with Crippen LogP contribution in [0.2, 0.25) is 0 Å². The first-order valence-electron chi connectivity index (χ1n) is 6.37. The van der Waals surface area contributed by atoms with Crippen LogP contribution in [-0.4, -0.2) is 53.3 Å². The maximum absolute atomic E-state index is 12.0. The molecule has 1 heterocycles. The van der Waals surface area contributed by atoms with Gasteiger partial charge in [0.25, 0.3) is 0 Å². The molecule has 0 radical (unpaired) electrons. The molecule has 0 aromatic carbocycles. The maximum atomic E-state index is 12.0. The number of urea groups is 1. The van der Waals surface area contributed by atoms with E-state index in [1.54, 1.807) is 11.8 Å². The summed E-state index contributed by atoms with van der Waals surface area (Å²) in [5, 5.41) is 12.4. The van der Waals surface area contributed by atoms with Gasteiger partial charge >= 0.3 is 6.03 Å². The van der Waals surface area contributed by atoms with E-state index in [1.807, 2.05) is 11.2 Å². The van der Waals surface area contributed by atoms with Gasteiger partial charge in [-0.15, -0.1) is 0 Å². The number of aliphatic hydroxyl groups excluding tert-OH is 1. The predicted molar refractivity (Wildman–Crippen MR) is 72.4 cm³/mol. The summed E-state index contributed by atoms with van der Waals surface area (Å²) in [7, 11) is 0. The minimum absolute atomic E-state index is 0.0315. The summed E-state index contributed by atoms with van der Waals surface area (Å²) in [6, 6.07) is 0.252. The lowest BCUT2D eigenvalue weighted by Crippen LogP contribution is -2.49. The summed E-state index contributed by atoms with van der Waals surface area (Å²) in [5.74, 6) is 0. The number of thioether (sulfide) groups is 1. The molecule has 1 aliphatic heterocycles. The highest BCUT2D eigenvalue weighted by molar-refractivity contribution is 7.99. The van der Waals surface area contributed by atoms with Crippen LogP contribution in [0, 0.1) is 0 Å². The third kappa shape index (κ3) is 4.76. The van der Waals surface area contributed by atoms with Crippen LogP contribution in [0.4, 0.5) is 4.79 Å². The topological polar surface area (TPSA) is 52.6 Å². The van der Waals surface area contributed by atoms with Gasteiger partial charge in [-0.1, -0.05) is 6.92 Å². The summed E-state index contributed by atoms with van der Waals surface area (Å²) in [6.07, 6.45) is 6.01. The SMILES string of the molecule is CSC(C)CNC(=O)N1CCCCC1CCO. The maximum Gasteiger partial charge on any atom is 0.317 e. The molecule has 2 N–H and O–H groups in total. The first-order valence-corrected chi connectivity index (χ1v) is 7.66. The van der Waals surface area contributed by atoms with Gasteiger partial charge in [0.15, 0.2) is 0 Å². The number of aliphatic hydroxyl groups is 1. The van der Waals surface area contributed by atoms with Gasteiger partial charge in [0, 0.05) is 31.0 Å². The number of carbonyl (C=O) groups is 1. The molecule has 0 aliphatic carbocycles. The van der Waals surface area contributed by atoms with Crippen LogP contribution < -0.4 is 5.32 Å². The average Bonchev–Trinajstić information content (AvgIpc) is 2.36. The van der Waals surface area contributed by atoms with Crippen molar-refractivity contribution >= 4 is 17.8 Å². The van der Waals surface area contributed by atoms with Gasteiger partial charge in [0.05, 0.1) is 0 Å². The number of nitrogens with one attached hydrogen (secondary N) is 1. The lowest BCUT2D eigenvalue weighted by atomic mass is 10.0. The standard InChI is InChI=1S/C12H24N2O2S/c1-10(17-2)9-13-12(16)14-7-4-3-5-11(14)6-8-15/h10-11,15H,3-9H2,1-2H3,(H,13,16). The van der Waals surface area contributed by atoms with E-state index in [0.29, 0.717) is 18.2 Å². The predicted octanol–water partition coefficient (Wildman–Crippen LogP) is 1.68. The zero-order valence-corrected chi connectivity index (χ0v) is 11.6. The van der Waals surface area contributed by atoms with Crippen molar-refractivity contribution in [3.05, 3.63) is 0 Å². The van der Waals surface area contributed by atoms with Crippen LogP contribution in [0.15, 0.2) is 0 Å². The minimum atomic E-state index is 0.0315. The molecule has 17 heavy (non-hydrogen) atoms. The van der Waals surface area contributed by atoms with Crippen molar-refractivity contribution in [1.82, 2.24) is 10.2 Å². The second kappa shape index (κ2) is 7.82. The molecular weight excluding hydrogens is 236 g/mol. The number of carbonyl (C=O) groups excluding carboxylic acids is 1. The molecule has 0 bridgehead atoms. The monoisotopic (exact) mass is 260 g/mol. The highest BCUT2D eigenvalue weighted by Crippen LogP contribution is 2.19. The molecule has 100 valence electrons. The van der Waals surface area contributed by atoms with Crippen LogP contribution in [0.5, 0.6) is 0 Å². The van der Waals surface area contributed by atoms with Crippen molar-refractivity contribution in [2.24, 2.45) is 0 Å². The number of hydrogen-bond donors (Lipinski definition) is 2. The number of rotatable bonds is 5. The fourth-order valence-electron chi connectivity index (χ4n) is 2.13. The van der Waals surface area contributed by atoms with Crippen molar-refractivity contribution < 1.29 is 9.90 Å². The summed E-state index contributed by atoms with van der Waals surface area (Å²) in [6.45, 7) is 3.80. The van der Waals surface area contributed by atoms with E-state index in [9.17, 15) is 4.79 Å². The Morgan fingerprint density at radius 2 is 2.35 bits per heavy atom. The first kappa shape index (κ1) is 14.6. The third-order valence-corrected chi connectivity index (χ3v) is 4.26. The number of likely N-dealkylation sites (tertiary alicyclic amines) is 1. The van der Waals surface area contributed by atoms with E-state index >= 15 is 0 Å². The molecule has 0 saturated carbocycles. The van der Waals surface area contributed by atoms with Crippen LogP contribution >= 0.6 is 11.8 Å². The molecule has 0 spiro atoms. The Hall–Kier alpha value is -0.420. The Balaban J connectivity index is 2.41. The Kier molecular flexibility index (Phi) is 6.73. The zero-order valence-electron chi connectivity index (χ0n) is 10.8. The molecule has 0 aromatic rings. The Bertz CT molecular complexity index is 237. The molecule has 1 aliphatic rings. The molecular formula is C12H24N2O2S. The zero-order chi connectivity index (χ0) is 12.7. The molecule has 1 fully saturated rings. The normalized spacial score (nSPS) is 22.3. The van der Waals surface area contributed by atoms with E-state index < -0.39 is 0 Å². The number of hydrogen-bond acceptors (Lipinski definition) is 3. The van der Waals surface area contributed by atoms with E-state index in [4.69, 9.17) is 5.11 Å². The van der Waals surface area contributed by atoms with Crippen molar-refractivity contribution in [1.29, 1.82) is 0 Å². The van der Waals surface area contributed by atoms with Gasteiger partial charge in [0.1, 0.15) is 0 Å². The molecule has 4 nitrogen and oxygen atoms in total. The van der Waals surface area contributed by atoms with Gasteiger partial charge < -0.3 is 15.3 Å². The average molecular weight is 260 g/mol. The molecule has 2 amide bonds. The molecule has 1 rings (SSSR count). The Labute approximate surface area is 108 Å². The molecule has 1 saturated heterocycles. The molecule has 0 aromatic heterocycles. The van der Waals surface area contributed by atoms with Gasteiger partial charge in [-0.3, -0.25) is 0 Å². The van der Waals surface area contributed by atoms with Crippen LogP contribution in [0.3, 0.4) is 0 Å². The lowest BCUT2D eigenvalue weighted by molar-refractivity contribution is 0.132. The highest BCUT2D eigenvalue weighted by atomic mass is 32.2. The van der Waals surface area contributed by atoms with Crippen LogP contribution in [0.25, 0.3) is 0 Å². The smallest absolute Gasteiger partial charge is 0.317 e. The first-order chi connectivity index (χ1) is 8.19. The van der Waals surface area contributed by atoms with Gasteiger partial charge in [-0.25, -0.2) is 4.79 Å². The van der Waals surface area contributed by atoms with E-state index in [1.165, 1.54) is 0 Å². The fourth-order valence-corrected chi connectivity index (χ4v) is 2.38. The summed E-state index contributed by atoms with van der Waals surface area (Å²) >= 11 is 1.75. The van der Waals surface area contributed by atoms with Gasteiger partial charge in [-0.05, 0) is 31.9 Å². The number of amides is 2. The largest absolute Gasteiger partial charge is 0.396 e. The Morgan fingerprint density at radius 1 is 1.59 bits per heavy atom. The molecule has 2 unspecified atom stereocenters. The second-order valence-electron chi connectivity index (χ2n) is 4.59. The van der Waals surface area contributed by atoms with E-state index in [0.717, 1.165) is 25.8 Å². The minimum Gasteiger partial charge on any atom is -0.396 e. The van der Waals surface area contributed by atoms with Crippen LogP contribution in [-0.2, 0) is 0 Å². The van der Waals surface area contributed by atoms with E-state index in [2.05, 4.69) is 12.2 Å². The van der Waals surface area contributed by atoms with Gasteiger partial charge in [-0.2, -0.15) is 11.8 Å². The highest BCUT2D eigenvalue weighted by Gasteiger charge is 2.25. The third-order valence-electron chi connectivity index (χ3n) is 3.29. The van der Waals surface area contributed by atoms with Crippen molar-refractivity contribution in [2.45, 2.75) is 43.9 Å². The van der Waals surface area contributed by atoms with Crippen molar-refractivity contribution in [3.8, 4) is 0 Å². The summed E-state index contributed by atoms with van der Waals surface area (Å²) in [5.41, 5.74) is 0. The van der Waals surface area contributed by atoms with E-state index in [-0.39, 0.29) is 18.7 Å². The molecule has 2 atom stereocenters. The van der Waals surface area contributed by atoms with Crippen molar-refractivity contribution in [2.75, 3.05) is 26.0 Å². The fraction of sp³-hybridized carbons (Fsp3) is 0.917. The Morgan fingerprint density at radius 3 is 3.00 bits per heavy atom. The van der Waals surface area contributed by atoms with Crippen molar-refractivity contribution in [3.63, 3.8) is 0 Å². The summed E-state index contributed by atoms with van der Waals surface area (Å²) in [4.78, 5) is 13.9. The number of nitrogens with zero attached hydrogens (tertiary/aromatic N) is 1. The van der Waals surface area contributed by atoms with Crippen LogP contribution in [0.1, 0.15) is 32.6 Å². The van der Waals surface area contributed by atoms with Gasteiger partial charge in [0.2, 0.25) is 0 Å². The number of piperidine rings is 1.